The lowest BCUT2D eigenvalue weighted by molar-refractivity contribution is -0.570. The molecular weight excluding hydrogens is 242 g/mol. The predicted octanol–water partition coefficient (Wildman–Crippen LogP) is 0.534. The molecule has 0 aliphatic rings. The summed E-state index contributed by atoms with van der Waals surface area (Å²) in [6.07, 6.45) is 0. The van der Waals surface area contributed by atoms with Crippen LogP contribution in [0.15, 0.2) is 24.3 Å². The number of aromatic nitrogens is 3. The van der Waals surface area contributed by atoms with Gasteiger partial charge in [0.1, 0.15) is 11.4 Å². The number of phenolic OH excluding ortho intramolecular Hbond substituents is 1. The maximum atomic E-state index is 10.1. The molecule has 102 valence electrons. The Kier molecular flexibility index (Phi) is 3.33. The summed E-state index contributed by atoms with van der Waals surface area (Å²) in [4.78, 5) is 3.88. The number of aromatic hydroxyl groups is 1. The zero-order valence-corrected chi connectivity index (χ0v) is 12.0. The molecule has 1 aromatic carbocycles. The average molecular weight is 262 g/mol. The van der Waals surface area contributed by atoms with Gasteiger partial charge < -0.3 is 5.11 Å². The molecule has 0 aliphatic heterocycles. The molecule has 0 spiro atoms. The number of benzene rings is 1. The molecule has 6 nitrogen and oxygen atoms in total. The number of rotatable bonds is 3. The normalized spacial score (nSPS) is 10.6. The van der Waals surface area contributed by atoms with Gasteiger partial charge in [0.25, 0.3) is 0 Å². The summed E-state index contributed by atoms with van der Waals surface area (Å²) in [6.45, 7) is 0. The van der Waals surface area contributed by atoms with E-state index in [0.717, 1.165) is 11.9 Å². The molecule has 1 N–H and O–H groups in total. The molecule has 1 aromatic heterocycles. The number of para-hydroxylation sites is 2. The van der Waals surface area contributed by atoms with E-state index in [1.807, 2.05) is 61.7 Å². The van der Waals surface area contributed by atoms with Gasteiger partial charge in [-0.2, -0.15) is 4.57 Å². The van der Waals surface area contributed by atoms with Crippen LogP contribution in [-0.2, 0) is 7.05 Å². The van der Waals surface area contributed by atoms with Crippen LogP contribution >= 0.6 is 0 Å². The maximum Gasteiger partial charge on any atom is 0.356 e. The van der Waals surface area contributed by atoms with Gasteiger partial charge >= 0.3 is 11.9 Å². The van der Waals surface area contributed by atoms with Crippen LogP contribution in [0.4, 0.5) is 11.9 Å². The van der Waals surface area contributed by atoms with Crippen molar-refractivity contribution in [1.29, 1.82) is 0 Å². The monoisotopic (exact) mass is 262 g/mol. The molecule has 1 heterocycles. The van der Waals surface area contributed by atoms with E-state index in [9.17, 15) is 5.11 Å². The standard InChI is InChI=1S/C13H19N5O/c1-15(2)12-14-17(5)13(16(3)4)18(12)10-8-6-7-9-11(10)19/h6-9H,1-5H3/p+1. The zero-order valence-electron chi connectivity index (χ0n) is 12.0. The van der Waals surface area contributed by atoms with Crippen LogP contribution in [-0.4, -0.2) is 43.1 Å². The molecule has 0 aliphatic carbocycles. The predicted molar refractivity (Wildman–Crippen MR) is 75.1 cm³/mol. The molecule has 19 heavy (non-hydrogen) atoms. The minimum atomic E-state index is 0.228. The number of aryl methyl sites for hydroxylation is 1. The zero-order chi connectivity index (χ0) is 14.2. The lowest BCUT2D eigenvalue weighted by Gasteiger charge is -2.13. The molecule has 0 atom stereocenters. The lowest BCUT2D eigenvalue weighted by atomic mass is 10.3. The van der Waals surface area contributed by atoms with E-state index in [1.54, 1.807) is 16.8 Å². The molecule has 2 rings (SSSR count). The van der Waals surface area contributed by atoms with Gasteiger partial charge in [0.2, 0.25) is 0 Å². The molecular formula is C13H20N5O+. The fourth-order valence-electron chi connectivity index (χ4n) is 2.11. The van der Waals surface area contributed by atoms with Crippen LogP contribution in [0.2, 0.25) is 0 Å². The van der Waals surface area contributed by atoms with Gasteiger partial charge in [-0.25, -0.2) is 0 Å². The van der Waals surface area contributed by atoms with Gasteiger partial charge in [-0.15, -0.1) is 4.68 Å². The highest BCUT2D eigenvalue weighted by Gasteiger charge is 2.27. The van der Waals surface area contributed by atoms with E-state index in [-0.39, 0.29) is 5.75 Å². The molecule has 0 unspecified atom stereocenters. The first-order valence-corrected chi connectivity index (χ1v) is 6.05. The van der Waals surface area contributed by atoms with E-state index in [4.69, 9.17) is 0 Å². The van der Waals surface area contributed by atoms with Crippen molar-refractivity contribution >= 4 is 11.9 Å². The highest BCUT2D eigenvalue weighted by atomic mass is 16.3. The summed E-state index contributed by atoms with van der Waals surface area (Å²) in [7, 11) is 9.65. The first-order valence-electron chi connectivity index (χ1n) is 6.05. The number of nitrogens with zero attached hydrogens (tertiary/aromatic N) is 5. The van der Waals surface area contributed by atoms with Crippen LogP contribution in [0.3, 0.4) is 0 Å². The number of hydrogen-bond donors (Lipinski definition) is 1. The third-order valence-electron chi connectivity index (χ3n) is 2.85. The van der Waals surface area contributed by atoms with Gasteiger partial charge in [0, 0.05) is 28.2 Å². The van der Waals surface area contributed by atoms with Crippen LogP contribution in [0.1, 0.15) is 0 Å². The maximum absolute atomic E-state index is 10.1. The fourth-order valence-corrected chi connectivity index (χ4v) is 2.11. The lowest BCUT2D eigenvalue weighted by Crippen LogP contribution is -2.40. The van der Waals surface area contributed by atoms with Crippen LogP contribution in [0.25, 0.3) is 5.69 Å². The van der Waals surface area contributed by atoms with Gasteiger partial charge in [-0.3, -0.25) is 9.80 Å². The summed E-state index contributed by atoms with van der Waals surface area (Å²) in [5.41, 5.74) is 0.711. The summed E-state index contributed by atoms with van der Waals surface area (Å²) >= 11 is 0. The van der Waals surface area contributed by atoms with Crippen molar-refractivity contribution in [2.75, 3.05) is 38.0 Å². The minimum absolute atomic E-state index is 0.228. The van der Waals surface area contributed by atoms with Gasteiger partial charge in [0.15, 0.2) is 0 Å². The van der Waals surface area contributed by atoms with Gasteiger partial charge in [-0.1, -0.05) is 12.1 Å². The second-order valence-electron chi connectivity index (χ2n) is 4.84. The summed E-state index contributed by atoms with van der Waals surface area (Å²) in [6, 6.07) is 7.25. The van der Waals surface area contributed by atoms with E-state index in [1.165, 1.54) is 0 Å². The molecule has 0 bridgehead atoms. The Labute approximate surface area is 113 Å². The van der Waals surface area contributed by atoms with E-state index in [2.05, 4.69) is 5.10 Å². The molecule has 0 fully saturated rings. The summed E-state index contributed by atoms with van der Waals surface area (Å²) < 4.78 is 3.72. The van der Waals surface area contributed by atoms with Crippen LogP contribution in [0, 0.1) is 0 Å². The molecule has 0 amide bonds. The minimum Gasteiger partial charge on any atom is -0.505 e. The Bertz CT molecular complexity index is 589. The molecule has 0 saturated heterocycles. The topological polar surface area (TPSA) is 48.4 Å². The van der Waals surface area contributed by atoms with Crippen molar-refractivity contribution in [3.05, 3.63) is 24.3 Å². The molecule has 6 heteroatoms. The SMILES string of the molecule is CN(C)c1nn(C)c(N(C)C)[n+]1-c1ccccc1O. The molecule has 0 radical (unpaired) electrons. The summed E-state index contributed by atoms with van der Waals surface area (Å²) in [5, 5.41) is 14.6. The number of anilines is 2. The van der Waals surface area contributed by atoms with Crippen molar-refractivity contribution in [2.45, 2.75) is 0 Å². The Morgan fingerprint density at radius 1 is 1.11 bits per heavy atom. The van der Waals surface area contributed by atoms with Crippen molar-refractivity contribution in [1.82, 2.24) is 9.78 Å². The largest absolute Gasteiger partial charge is 0.505 e. The van der Waals surface area contributed by atoms with Crippen LogP contribution < -0.4 is 14.4 Å². The average Bonchev–Trinajstić information content (AvgIpc) is 2.67. The van der Waals surface area contributed by atoms with E-state index in [0.29, 0.717) is 5.69 Å². The van der Waals surface area contributed by atoms with Crippen molar-refractivity contribution in [2.24, 2.45) is 7.05 Å². The van der Waals surface area contributed by atoms with Crippen molar-refractivity contribution < 1.29 is 9.67 Å². The molecule has 0 saturated carbocycles. The first kappa shape index (κ1) is 13.2. The quantitative estimate of drug-likeness (QED) is 0.820. The third-order valence-corrected chi connectivity index (χ3v) is 2.85. The highest BCUT2D eigenvalue weighted by molar-refractivity contribution is 5.43. The fraction of sp³-hybridized carbons (Fsp3) is 0.385. The Morgan fingerprint density at radius 3 is 2.26 bits per heavy atom. The van der Waals surface area contributed by atoms with Crippen molar-refractivity contribution in [3.8, 4) is 11.4 Å². The smallest absolute Gasteiger partial charge is 0.356 e. The first-order chi connectivity index (χ1) is 8.93. The highest BCUT2D eigenvalue weighted by Crippen LogP contribution is 2.21. The number of hydrogen-bond acceptors (Lipinski definition) is 4. The van der Waals surface area contributed by atoms with Crippen LogP contribution in [0.5, 0.6) is 5.75 Å². The second kappa shape index (κ2) is 4.79. The molecule has 2 aromatic rings. The number of phenols is 1. The van der Waals surface area contributed by atoms with Crippen molar-refractivity contribution in [3.63, 3.8) is 0 Å². The second-order valence-corrected chi connectivity index (χ2v) is 4.84. The van der Waals surface area contributed by atoms with Gasteiger partial charge in [0.05, 0.1) is 7.05 Å². The third kappa shape index (κ3) is 2.21. The Hall–Kier alpha value is -2.24. The van der Waals surface area contributed by atoms with E-state index < -0.39 is 0 Å². The van der Waals surface area contributed by atoms with Gasteiger partial charge in [-0.05, 0) is 17.2 Å². The Morgan fingerprint density at radius 2 is 1.74 bits per heavy atom. The summed E-state index contributed by atoms with van der Waals surface area (Å²) in [5.74, 6) is 1.87. The Balaban J connectivity index is 2.76. The van der Waals surface area contributed by atoms with E-state index >= 15 is 0 Å².